The highest BCUT2D eigenvalue weighted by molar-refractivity contribution is 5.88. The molecule has 1 aromatic heterocycles. The number of rotatable bonds is 5. The van der Waals surface area contributed by atoms with E-state index in [0.29, 0.717) is 12.5 Å². The summed E-state index contributed by atoms with van der Waals surface area (Å²) in [4.78, 5) is 28.3. The highest BCUT2D eigenvalue weighted by atomic mass is 16.5. The molecule has 2 bridgehead atoms. The maximum Gasteiger partial charge on any atom is 0.341 e. The number of pyridine rings is 1. The Kier molecular flexibility index (Phi) is 3.90. The largest absolute Gasteiger partial charge is 0.493 e. The smallest absolute Gasteiger partial charge is 0.341 e. The molecule has 8 rings (SSSR count). The predicted molar refractivity (Wildman–Crippen MR) is 130 cm³/mol. The van der Waals surface area contributed by atoms with Crippen molar-refractivity contribution >= 4 is 5.97 Å². The molecule has 4 aliphatic carbocycles. The highest BCUT2D eigenvalue weighted by Gasteiger charge is 2.74. The molecule has 1 N–H and O–H groups in total. The van der Waals surface area contributed by atoms with Gasteiger partial charge in [-0.1, -0.05) is 0 Å². The Morgan fingerprint density at radius 1 is 1.17 bits per heavy atom. The zero-order valence-corrected chi connectivity index (χ0v) is 20.1. The second-order valence-corrected chi connectivity index (χ2v) is 12.2. The van der Waals surface area contributed by atoms with Crippen LogP contribution in [0.15, 0.2) is 29.2 Å². The maximum atomic E-state index is 12.7. The van der Waals surface area contributed by atoms with E-state index in [-0.39, 0.29) is 28.1 Å². The third-order valence-electron chi connectivity index (χ3n) is 9.16. The highest BCUT2D eigenvalue weighted by Crippen LogP contribution is 2.69. The summed E-state index contributed by atoms with van der Waals surface area (Å²) in [6.07, 6.45) is 8.57. The van der Waals surface area contributed by atoms with Gasteiger partial charge in [-0.15, -0.1) is 0 Å². The number of ether oxygens (including phenoxy) is 1. The Morgan fingerprint density at radius 3 is 2.57 bits per heavy atom. The number of hydrogen-bond acceptors (Lipinski definition) is 4. The van der Waals surface area contributed by atoms with Gasteiger partial charge in [0.2, 0.25) is 5.54 Å². The number of nitrogens with zero attached hydrogens (tertiary/aromatic N) is 3. The van der Waals surface area contributed by atoms with Crippen LogP contribution in [0.3, 0.4) is 0 Å². The lowest BCUT2D eigenvalue weighted by Gasteiger charge is -2.61. The van der Waals surface area contributed by atoms with E-state index >= 15 is 0 Å². The Balaban J connectivity index is 1.34. The molecular formula is C28H29N3O4. The molecule has 0 amide bonds. The number of carboxylic acids is 1. The van der Waals surface area contributed by atoms with Crippen LogP contribution in [0.25, 0.3) is 16.1 Å². The first-order chi connectivity index (χ1) is 16.6. The van der Waals surface area contributed by atoms with Crippen molar-refractivity contribution in [1.82, 2.24) is 4.68 Å². The molecule has 35 heavy (non-hydrogen) atoms. The van der Waals surface area contributed by atoms with Gasteiger partial charge in [-0.05, 0) is 68.7 Å². The minimum atomic E-state index is -1.19. The van der Waals surface area contributed by atoms with Crippen LogP contribution in [0.4, 0.5) is 0 Å². The van der Waals surface area contributed by atoms with E-state index in [4.69, 9.17) is 11.3 Å². The lowest BCUT2D eigenvalue weighted by Crippen LogP contribution is -2.67. The third-order valence-corrected chi connectivity index (χ3v) is 9.16. The summed E-state index contributed by atoms with van der Waals surface area (Å²) >= 11 is 0. The van der Waals surface area contributed by atoms with Gasteiger partial charge >= 0.3 is 5.97 Å². The summed E-state index contributed by atoms with van der Waals surface area (Å²) in [7, 11) is 0. The van der Waals surface area contributed by atoms with Gasteiger partial charge in [-0.2, -0.15) is 0 Å². The first-order valence-corrected chi connectivity index (χ1v) is 12.6. The first kappa shape index (κ1) is 21.0. The average molecular weight is 472 g/mol. The molecule has 180 valence electrons. The van der Waals surface area contributed by atoms with Crippen molar-refractivity contribution in [3.63, 3.8) is 0 Å². The number of aromatic nitrogens is 1. The minimum absolute atomic E-state index is 0.0904. The molecule has 1 aromatic carbocycles. The van der Waals surface area contributed by atoms with Crippen molar-refractivity contribution in [3.8, 4) is 17.0 Å². The van der Waals surface area contributed by atoms with Gasteiger partial charge in [-0.3, -0.25) is 14.5 Å². The fourth-order valence-corrected chi connectivity index (χ4v) is 7.33. The second-order valence-electron chi connectivity index (χ2n) is 12.2. The SMILES string of the molecule is [C-]#[N+]C12CC(COc3cc4c(cc3C3CC3)-c3cc(=O)c(C(=O)O)cn3N3[C@@H]4CCC3(C)C)(C1)C2. The van der Waals surface area contributed by atoms with E-state index in [1.807, 2.05) is 4.68 Å². The van der Waals surface area contributed by atoms with E-state index in [0.717, 1.165) is 67.5 Å². The van der Waals surface area contributed by atoms with Crippen LogP contribution in [0.2, 0.25) is 0 Å². The predicted octanol–water partition coefficient (Wildman–Crippen LogP) is 4.88. The van der Waals surface area contributed by atoms with Gasteiger partial charge in [0, 0.05) is 42.5 Å². The molecule has 0 spiro atoms. The molecule has 2 aliphatic heterocycles. The van der Waals surface area contributed by atoms with Crippen molar-refractivity contribution < 1.29 is 14.6 Å². The summed E-state index contributed by atoms with van der Waals surface area (Å²) in [6, 6.07) is 6.00. The van der Waals surface area contributed by atoms with E-state index in [1.54, 1.807) is 0 Å². The molecule has 7 heteroatoms. The molecule has 4 saturated carbocycles. The van der Waals surface area contributed by atoms with Crippen LogP contribution in [0.1, 0.15) is 92.2 Å². The van der Waals surface area contributed by atoms with Crippen LogP contribution >= 0.6 is 0 Å². The molecule has 0 radical (unpaired) electrons. The first-order valence-electron chi connectivity index (χ1n) is 12.6. The maximum absolute atomic E-state index is 12.7. The fraction of sp³-hybridized carbons (Fsp3) is 0.536. The average Bonchev–Trinajstić information content (AvgIpc) is 3.55. The van der Waals surface area contributed by atoms with Crippen molar-refractivity contribution in [3.05, 3.63) is 62.7 Å². The zero-order chi connectivity index (χ0) is 24.3. The van der Waals surface area contributed by atoms with E-state index in [1.165, 1.54) is 17.8 Å². The lowest BCUT2D eigenvalue weighted by molar-refractivity contribution is -0.131. The summed E-state index contributed by atoms with van der Waals surface area (Å²) in [6.45, 7) is 12.4. The van der Waals surface area contributed by atoms with Crippen LogP contribution in [-0.4, -0.2) is 33.4 Å². The van der Waals surface area contributed by atoms with E-state index < -0.39 is 11.4 Å². The Morgan fingerprint density at radius 2 is 1.91 bits per heavy atom. The molecule has 7 nitrogen and oxygen atoms in total. The van der Waals surface area contributed by atoms with Crippen molar-refractivity contribution in [2.75, 3.05) is 11.6 Å². The van der Waals surface area contributed by atoms with Crippen LogP contribution in [-0.2, 0) is 0 Å². The molecular weight excluding hydrogens is 442 g/mol. The number of aromatic carboxylic acids is 1. The molecule has 0 unspecified atom stereocenters. The van der Waals surface area contributed by atoms with Crippen LogP contribution in [0, 0.1) is 12.0 Å². The number of carboxylic acid groups (broad SMARTS) is 1. The van der Waals surface area contributed by atoms with Crippen molar-refractivity contribution in [2.45, 2.75) is 81.8 Å². The summed E-state index contributed by atoms with van der Waals surface area (Å²) in [5.74, 6) is 0.227. The number of hydrogen-bond donors (Lipinski definition) is 1. The Bertz CT molecular complexity index is 1390. The summed E-state index contributed by atoms with van der Waals surface area (Å²) in [5, 5.41) is 11.9. The summed E-state index contributed by atoms with van der Waals surface area (Å²) < 4.78 is 8.46. The van der Waals surface area contributed by atoms with Crippen LogP contribution < -0.4 is 15.2 Å². The minimum Gasteiger partial charge on any atom is -0.493 e. The van der Waals surface area contributed by atoms with Gasteiger partial charge < -0.3 is 14.7 Å². The quantitative estimate of drug-likeness (QED) is 0.630. The molecule has 6 aliphatic rings. The number of fused-ring (bicyclic) bond motifs is 6. The van der Waals surface area contributed by atoms with Gasteiger partial charge in [-0.25, -0.2) is 11.4 Å². The molecule has 3 heterocycles. The Labute approximate surface area is 204 Å². The molecule has 1 saturated heterocycles. The molecule has 5 fully saturated rings. The van der Waals surface area contributed by atoms with Gasteiger partial charge in [0.1, 0.15) is 11.3 Å². The zero-order valence-electron chi connectivity index (χ0n) is 20.1. The molecule has 1 atom stereocenters. The standard InChI is InChI=1S/C28H29N3O4/c1-26(2)7-6-21-19-9-24(35-15-27-12-28(13-27,14-27)29-3)17(16-4-5-16)8-18(19)22-10-23(32)20(25(33)34)11-30(22)31(21)26/h8-11,16,21H,4-7,12-15H2,1-2H3,(H,33,34)/t21-,27?,28?/m1/s1. The lowest BCUT2D eigenvalue weighted by atomic mass is 9.40. The Hall–Kier alpha value is -3.27. The third kappa shape index (κ3) is 2.83. The molecule has 2 aromatic rings. The number of carbonyl (C=O) groups is 1. The van der Waals surface area contributed by atoms with Crippen molar-refractivity contribution in [1.29, 1.82) is 0 Å². The number of benzene rings is 1. The monoisotopic (exact) mass is 471 g/mol. The van der Waals surface area contributed by atoms with Gasteiger partial charge in [0.15, 0.2) is 5.43 Å². The van der Waals surface area contributed by atoms with E-state index in [2.05, 4.69) is 35.8 Å². The van der Waals surface area contributed by atoms with Gasteiger partial charge in [0.25, 0.3) is 0 Å². The van der Waals surface area contributed by atoms with E-state index in [9.17, 15) is 14.7 Å². The fourth-order valence-electron chi connectivity index (χ4n) is 7.33. The van der Waals surface area contributed by atoms with Crippen LogP contribution in [0.5, 0.6) is 5.75 Å². The van der Waals surface area contributed by atoms with Crippen molar-refractivity contribution in [2.24, 2.45) is 5.41 Å². The normalized spacial score (nSPS) is 30.8. The summed E-state index contributed by atoms with van der Waals surface area (Å²) in [5.41, 5.74) is 3.37. The van der Waals surface area contributed by atoms with Gasteiger partial charge in [0.05, 0.1) is 23.9 Å². The second kappa shape index (κ2) is 6.48. The topological polar surface area (TPSA) is 76.1 Å².